The van der Waals surface area contributed by atoms with Gasteiger partial charge in [0.25, 0.3) is 0 Å². The fourth-order valence-corrected chi connectivity index (χ4v) is 9.69. The van der Waals surface area contributed by atoms with Gasteiger partial charge in [0, 0.05) is 11.5 Å². The normalized spacial score (nSPS) is 27.7. The number of para-hydroxylation sites is 1. The van der Waals surface area contributed by atoms with E-state index in [1.807, 2.05) is 0 Å². The summed E-state index contributed by atoms with van der Waals surface area (Å²) in [6.45, 7) is 7.26. The highest BCUT2D eigenvalue weighted by Crippen LogP contribution is 2.58. The molecule has 2 nitrogen and oxygen atoms in total. The number of hydrogen-bond acceptors (Lipinski definition) is 2. The molecule has 5 aliphatic rings. The quantitative estimate of drug-likeness (QED) is 0.220. The SMILES string of the molecule is C=C1C(c2ccccc2)=CC(c2ccccc2C2(C3C=CC=CC3)C3=C(C=CCC3)Oc3ccccc32)NC1(C)C1=CC=CCC1c1ccccc1. The van der Waals surface area contributed by atoms with Crippen LogP contribution in [-0.2, 0) is 5.41 Å². The van der Waals surface area contributed by atoms with Crippen molar-refractivity contribution in [2.45, 2.75) is 55.5 Å². The number of rotatable bonds is 6. The first-order chi connectivity index (χ1) is 25.6. The van der Waals surface area contributed by atoms with E-state index >= 15 is 0 Å². The topological polar surface area (TPSA) is 21.3 Å². The van der Waals surface area contributed by atoms with Crippen LogP contribution in [0.1, 0.15) is 72.4 Å². The molecule has 256 valence electrons. The second kappa shape index (κ2) is 13.3. The van der Waals surface area contributed by atoms with Gasteiger partial charge in [0.2, 0.25) is 0 Å². The molecule has 0 radical (unpaired) electrons. The number of nitrogens with one attached hydrogen (secondary N) is 1. The Morgan fingerprint density at radius 3 is 2.29 bits per heavy atom. The summed E-state index contributed by atoms with van der Waals surface area (Å²) in [7, 11) is 0. The zero-order valence-corrected chi connectivity index (χ0v) is 29.8. The molecule has 0 saturated carbocycles. The maximum absolute atomic E-state index is 6.74. The summed E-state index contributed by atoms with van der Waals surface area (Å²) in [5, 5.41) is 4.29. The molecule has 0 amide bonds. The lowest BCUT2D eigenvalue weighted by atomic mass is 9.56. The van der Waals surface area contributed by atoms with Crippen LogP contribution in [0.25, 0.3) is 5.57 Å². The van der Waals surface area contributed by atoms with Gasteiger partial charge in [0.05, 0.1) is 17.0 Å². The van der Waals surface area contributed by atoms with Gasteiger partial charge in [-0.2, -0.15) is 0 Å². The van der Waals surface area contributed by atoms with E-state index in [9.17, 15) is 0 Å². The van der Waals surface area contributed by atoms with E-state index in [-0.39, 0.29) is 17.9 Å². The number of benzene rings is 4. The van der Waals surface area contributed by atoms with Crippen LogP contribution in [0.3, 0.4) is 0 Å². The van der Waals surface area contributed by atoms with Crippen molar-refractivity contribution in [2.24, 2.45) is 5.92 Å². The van der Waals surface area contributed by atoms with Crippen molar-refractivity contribution in [3.63, 3.8) is 0 Å². The summed E-state index contributed by atoms with van der Waals surface area (Å²) in [5.74, 6) is 2.41. The first-order valence-corrected chi connectivity index (χ1v) is 18.9. The Labute approximate surface area is 308 Å². The fourth-order valence-electron chi connectivity index (χ4n) is 9.69. The molecule has 2 aliphatic heterocycles. The average molecular weight is 676 g/mol. The summed E-state index contributed by atoms with van der Waals surface area (Å²) in [4.78, 5) is 0. The Balaban J connectivity index is 1.28. The van der Waals surface area contributed by atoms with E-state index in [4.69, 9.17) is 11.3 Å². The highest BCUT2D eigenvalue weighted by molar-refractivity contribution is 5.84. The molecule has 0 spiro atoms. The van der Waals surface area contributed by atoms with Crippen molar-refractivity contribution in [2.75, 3.05) is 0 Å². The monoisotopic (exact) mass is 675 g/mol. The van der Waals surface area contributed by atoms with Crippen LogP contribution >= 0.6 is 0 Å². The highest BCUT2D eigenvalue weighted by atomic mass is 16.5. The summed E-state index contributed by atoms with van der Waals surface area (Å²) in [5.41, 5.74) is 10.5. The summed E-state index contributed by atoms with van der Waals surface area (Å²) in [6.07, 6.45) is 26.9. The van der Waals surface area contributed by atoms with Crippen molar-refractivity contribution < 1.29 is 4.74 Å². The van der Waals surface area contributed by atoms with Crippen LogP contribution in [0.15, 0.2) is 199 Å². The van der Waals surface area contributed by atoms with Crippen molar-refractivity contribution >= 4 is 5.57 Å². The van der Waals surface area contributed by atoms with E-state index in [1.165, 1.54) is 44.5 Å². The molecule has 1 N–H and O–H groups in total. The van der Waals surface area contributed by atoms with Gasteiger partial charge in [-0.3, -0.25) is 5.32 Å². The number of hydrogen-bond donors (Lipinski definition) is 1. The first kappa shape index (κ1) is 32.5. The molecule has 0 saturated heterocycles. The molecule has 0 fully saturated rings. The molecule has 4 aromatic carbocycles. The lowest BCUT2D eigenvalue weighted by Crippen LogP contribution is -2.52. The smallest absolute Gasteiger partial charge is 0.131 e. The Hall–Kier alpha value is -5.44. The minimum Gasteiger partial charge on any atom is -0.457 e. The zero-order valence-electron chi connectivity index (χ0n) is 29.8. The molecule has 5 atom stereocenters. The van der Waals surface area contributed by atoms with Crippen LogP contribution in [0.5, 0.6) is 5.75 Å². The molecule has 0 bridgehead atoms. The summed E-state index contributed by atoms with van der Waals surface area (Å²) in [6, 6.07) is 39.7. The van der Waals surface area contributed by atoms with Gasteiger partial charge in [-0.1, -0.05) is 164 Å². The van der Waals surface area contributed by atoms with Crippen LogP contribution in [0.4, 0.5) is 0 Å². The maximum Gasteiger partial charge on any atom is 0.131 e. The van der Waals surface area contributed by atoms with E-state index in [1.54, 1.807) is 0 Å². The van der Waals surface area contributed by atoms with Gasteiger partial charge in [0.1, 0.15) is 11.5 Å². The second-order valence-corrected chi connectivity index (χ2v) is 14.9. The predicted octanol–water partition coefficient (Wildman–Crippen LogP) is 11.8. The predicted molar refractivity (Wildman–Crippen MR) is 215 cm³/mol. The van der Waals surface area contributed by atoms with Gasteiger partial charge in [-0.25, -0.2) is 0 Å². The van der Waals surface area contributed by atoms with Gasteiger partial charge in [-0.05, 0) is 95.2 Å². The lowest BCUT2D eigenvalue weighted by molar-refractivity contribution is 0.327. The van der Waals surface area contributed by atoms with Crippen molar-refractivity contribution in [1.82, 2.24) is 5.32 Å². The standard InChI is InChI=1S/C50H45NO/c1-35-41(37-22-8-4-9-23-37)34-46(51-49(35,2)42-28-14-12-26-39(42)36-20-6-3-7-21-36)40-27-13-15-29-43(40)50(38-24-10-5-11-25-38)44-30-16-18-32-47(44)52-48-33-19-17-31-45(48)50/h3-16,18-24,27-30,32-34,38-39,46,51H,1,17,25-26,31H2,2H3. The zero-order chi connectivity index (χ0) is 35.1. The van der Waals surface area contributed by atoms with Crippen molar-refractivity contribution in [3.05, 3.63) is 227 Å². The molecule has 2 heteroatoms. The minimum atomic E-state index is -0.519. The van der Waals surface area contributed by atoms with Crippen LogP contribution < -0.4 is 10.1 Å². The second-order valence-electron chi connectivity index (χ2n) is 14.9. The number of fused-ring (bicyclic) bond motifs is 1. The number of allylic oxidation sites excluding steroid dienone is 10. The van der Waals surface area contributed by atoms with E-state index < -0.39 is 11.0 Å². The third-order valence-electron chi connectivity index (χ3n) is 12.1. The van der Waals surface area contributed by atoms with Gasteiger partial charge < -0.3 is 4.74 Å². The fraction of sp³-hybridized carbons (Fsp3) is 0.200. The Kier molecular flexibility index (Phi) is 8.29. The van der Waals surface area contributed by atoms with Crippen LogP contribution in [0.2, 0.25) is 0 Å². The molecule has 2 heterocycles. The lowest BCUT2D eigenvalue weighted by Gasteiger charge is -2.50. The Morgan fingerprint density at radius 2 is 1.48 bits per heavy atom. The van der Waals surface area contributed by atoms with Gasteiger partial charge in [0.15, 0.2) is 0 Å². The summed E-state index contributed by atoms with van der Waals surface area (Å²) >= 11 is 0. The number of ether oxygens (including phenoxy) is 1. The molecule has 4 aromatic rings. The third kappa shape index (κ3) is 5.20. The van der Waals surface area contributed by atoms with Gasteiger partial charge >= 0.3 is 0 Å². The average Bonchev–Trinajstić information content (AvgIpc) is 3.22. The first-order valence-electron chi connectivity index (χ1n) is 18.9. The van der Waals surface area contributed by atoms with Gasteiger partial charge in [-0.15, -0.1) is 0 Å². The van der Waals surface area contributed by atoms with E-state index in [2.05, 4.69) is 182 Å². The minimum absolute atomic E-state index is 0.0942. The highest BCUT2D eigenvalue weighted by Gasteiger charge is 2.52. The molecule has 52 heavy (non-hydrogen) atoms. The largest absolute Gasteiger partial charge is 0.457 e. The Bertz CT molecular complexity index is 2250. The molecule has 5 unspecified atom stereocenters. The molecular formula is C50H45NO. The molecule has 3 aliphatic carbocycles. The van der Waals surface area contributed by atoms with E-state index in [0.717, 1.165) is 42.8 Å². The van der Waals surface area contributed by atoms with Crippen molar-refractivity contribution in [1.29, 1.82) is 0 Å². The van der Waals surface area contributed by atoms with Crippen LogP contribution in [-0.4, -0.2) is 5.54 Å². The third-order valence-corrected chi connectivity index (χ3v) is 12.1. The summed E-state index contributed by atoms with van der Waals surface area (Å²) < 4.78 is 6.74. The molecule has 9 rings (SSSR count). The Morgan fingerprint density at radius 1 is 0.750 bits per heavy atom. The van der Waals surface area contributed by atoms with E-state index in [0.29, 0.717) is 0 Å². The van der Waals surface area contributed by atoms with Crippen LogP contribution in [0, 0.1) is 5.92 Å². The maximum atomic E-state index is 6.74. The molecular weight excluding hydrogens is 631 g/mol. The molecule has 0 aromatic heterocycles. The van der Waals surface area contributed by atoms with Crippen molar-refractivity contribution in [3.8, 4) is 5.75 Å².